The number of rotatable bonds is 6. The lowest BCUT2D eigenvalue weighted by atomic mass is 9.98. The van der Waals surface area contributed by atoms with E-state index in [0.717, 1.165) is 29.3 Å². The molecule has 0 aromatic heterocycles. The van der Waals surface area contributed by atoms with Crippen molar-refractivity contribution < 1.29 is 28.2 Å². The van der Waals surface area contributed by atoms with Crippen LogP contribution in [-0.2, 0) is 9.53 Å². The maximum Gasteiger partial charge on any atom is 0.410 e. The van der Waals surface area contributed by atoms with Gasteiger partial charge in [-0.2, -0.15) is 0 Å². The van der Waals surface area contributed by atoms with Crippen molar-refractivity contribution in [2.75, 3.05) is 13.7 Å². The Morgan fingerprint density at radius 1 is 1.07 bits per heavy atom. The van der Waals surface area contributed by atoms with Crippen molar-refractivity contribution in [1.82, 2.24) is 4.90 Å². The van der Waals surface area contributed by atoms with Gasteiger partial charge in [0.15, 0.2) is 0 Å². The van der Waals surface area contributed by atoms with Crippen molar-refractivity contribution in [1.29, 1.82) is 0 Å². The number of halogens is 2. The van der Waals surface area contributed by atoms with Crippen LogP contribution < -0.4 is 0 Å². The molecular formula is C20H19F2NO4. The van der Waals surface area contributed by atoms with Crippen LogP contribution >= 0.6 is 0 Å². The summed E-state index contributed by atoms with van der Waals surface area (Å²) in [6, 6.07) is 13.9. The number of aliphatic carboxylic acids is 1. The van der Waals surface area contributed by atoms with Crippen LogP contribution in [0.25, 0.3) is 11.1 Å². The van der Waals surface area contributed by atoms with Crippen LogP contribution in [0.2, 0.25) is 0 Å². The Hall–Kier alpha value is -2.96. The van der Waals surface area contributed by atoms with Gasteiger partial charge in [-0.15, -0.1) is 0 Å². The molecule has 0 saturated carbocycles. The van der Waals surface area contributed by atoms with E-state index >= 15 is 0 Å². The lowest BCUT2D eigenvalue weighted by Crippen LogP contribution is -2.44. The molecule has 1 amide bonds. The maximum atomic E-state index is 12.6. The summed E-state index contributed by atoms with van der Waals surface area (Å²) in [4.78, 5) is 24.1. The SMILES string of the molecule is CN(C(=O)OCC1c2ccccc2-c2ccccc21)[C@H](CC(F)F)C(=O)O. The average Bonchev–Trinajstić information content (AvgIpc) is 2.97. The van der Waals surface area contributed by atoms with Crippen molar-refractivity contribution >= 4 is 12.1 Å². The second kappa shape index (κ2) is 7.73. The number of carboxylic acid groups (broad SMARTS) is 1. The Kier molecular flexibility index (Phi) is 5.39. The normalized spacial score (nSPS) is 13.8. The van der Waals surface area contributed by atoms with Gasteiger partial charge in [-0.05, 0) is 22.3 Å². The number of hydrogen-bond acceptors (Lipinski definition) is 3. The number of carbonyl (C=O) groups is 2. The highest BCUT2D eigenvalue weighted by atomic mass is 19.3. The average molecular weight is 375 g/mol. The molecule has 0 heterocycles. The van der Waals surface area contributed by atoms with Gasteiger partial charge < -0.3 is 9.84 Å². The van der Waals surface area contributed by atoms with E-state index < -0.39 is 31.0 Å². The van der Waals surface area contributed by atoms with Crippen LogP contribution in [0.5, 0.6) is 0 Å². The Morgan fingerprint density at radius 3 is 2.07 bits per heavy atom. The zero-order valence-electron chi connectivity index (χ0n) is 14.6. The summed E-state index contributed by atoms with van der Waals surface area (Å²) < 4.78 is 30.5. The summed E-state index contributed by atoms with van der Waals surface area (Å²) in [5.41, 5.74) is 4.14. The van der Waals surface area contributed by atoms with Gasteiger partial charge in [-0.1, -0.05) is 48.5 Å². The molecule has 2 aromatic rings. The second-order valence-electron chi connectivity index (χ2n) is 6.40. The molecule has 0 radical (unpaired) electrons. The molecule has 0 spiro atoms. The standard InChI is InChI=1S/C20H19F2NO4/c1-23(17(19(24)25)10-18(21)22)20(26)27-11-16-14-8-4-2-6-12(14)13-7-3-5-9-15(13)16/h2-9,16-18H,10-11H2,1H3,(H,24,25)/t17-/m1/s1. The van der Waals surface area contributed by atoms with Crippen LogP contribution in [0.3, 0.4) is 0 Å². The molecule has 1 atom stereocenters. The summed E-state index contributed by atoms with van der Waals surface area (Å²) in [6.07, 6.45) is -4.73. The van der Waals surface area contributed by atoms with Crippen LogP contribution in [-0.4, -0.2) is 48.2 Å². The number of carboxylic acids is 1. The van der Waals surface area contributed by atoms with Crippen molar-refractivity contribution in [2.45, 2.75) is 24.8 Å². The fourth-order valence-corrected chi connectivity index (χ4v) is 3.42. The number of ether oxygens (including phenoxy) is 1. The molecule has 1 aliphatic carbocycles. The molecule has 142 valence electrons. The Morgan fingerprint density at radius 2 is 1.59 bits per heavy atom. The van der Waals surface area contributed by atoms with E-state index in [9.17, 15) is 18.4 Å². The van der Waals surface area contributed by atoms with Gasteiger partial charge in [-0.25, -0.2) is 18.4 Å². The fourth-order valence-electron chi connectivity index (χ4n) is 3.42. The van der Waals surface area contributed by atoms with Gasteiger partial charge >= 0.3 is 12.1 Å². The van der Waals surface area contributed by atoms with Crippen LogP contribution in [0.1, 0.15) is 23.5 Å². The lowest BCUT2D eigenvalue weighted by Gasteiger charge is -2.25. The summed E-state index contributed by atoms with van der Waals surface area (Å²) in [7, 11) is 1.15. The van der Waals surface area contributed by atoms with Crippen LogP contribution in [0.4, 0.5) is 13.6 Å². The summed E-state index contributed by atoms with van der Waals surface area (Å²) >= 11 is 0. The number of carbonyl (C=O) groups excluding carboxylic acids is 1. The molecular weight excluding hydrogens is 356 g/mol. The van der Waals surface area contributed by atoms with Gasteiger partial charge in [-0.3, -0.25) is 4.90 Å². The van der Waals surface area contributed by atoms with Crippen molar-refractivity contribution in [3.63, 3.8) is 0 Å². The molecule has 27 heavy (non-hydrogen) atoms. The van der Waals surface area contributed by atoms with E-state index in [0.29, 0.717) is 4.90 Å². The summed E-state index contributed by atoms with van der Waals surface area (Å²) in [5.74, 6) is -1.68. The molecule has 2 aromatic carbocycles. The first-order valence-electron chi connectivity index (χ1n) is 8.49. The number of fused-ring (bicyclic) bond motifs is 3. The number of benzene rings is 2. The van der Waals surface area contributed by atoms with Gasteiger partial charge in [0.2, 0.25) is 6.43 Å². The molecule has 1 aliphatic rings. The lowest BCUT2D eigenvalue weighted by molar-refractivity contribution is -0.143. The van der Waals surface area contributed by atoms with Crippen molar-refractivity contribution in [3.05, 3.63) is 59.7 Å². The van der Waals surface area contributed by atoms with Gasteiger partial charge in [0, 0.05) is 19.4 Å². The number of hydrogen-bond donors (Lipinski definition) is 1. The zero-order valence-corrected chi connectivity index (χ0v) is 14.6. The summed E-state index contributed by atoms with van der Waals surface area (Å²) in [6.45, 7) is -0.00177. The predicted octanol–water partition coefficient (Wildman–Crippen LogP) is 3.98. The van der Waals surface area contributed by atoms with E-state index in [4.69, 9.17) is 9.84 Å². The van der Waals surface area contributed by atoms with Crippen LogP contribution in [0, 0.1) is 0 Å². The quantitative estimate of drug-likeness (QED) is 0.830. The number of alkyl halides is 2. The highest BCUT2D eigenvalue weighted by Gasteiger charge is 2.33. The van der Waals surface area contributed by atoms with Gasteiger partial charge in [0.25, 0.3) is 0 Å². The molecule has 1 N–H and O–H groups in total. The highest BCUT2D eigenvalue weighted by Crippen LogP contribution is 2.44. The first-order chi connectivity index (χ1) is 12.9. The molecule has 0 aliphatic heterocycles. The van der Waals surface area contributed by atoms with E-state index in [2.05, 4.69) is 0 Å². The van der Waals surface area contributed by atoms with Gasteiger partial charge in [0.1, 0.15) is 12.6 Å². The monoisotopic (exact) mass is 375 g/mol. The predicted molar refractivity (Wildman–Crippen MR) is 94.9 cm³/mol. The topological polar surface area (TPSA) is 66.8 Å². The fraction of sp³-hybridized carbons (Fsp3) is 0.300. The van der Waals surface area contributed by atoms with Crippen LogP contribution in [0.15, 0.2) is 48.5 Å². The minimum atomic E-state index is -2.84. The van der Waals surface area contributed by atoms with E-state index in [1.807, 2.05) is 48.5 Å². The largest absolute Gasteiger partial charge is 0.480 e. The first-order valence-corrected chi connectivity index (χ1v) is 8.49. The van der Waals surface area contributed by atoms with Crippen molar-refractivity contribution in [2.24, 2.45) is 0 Å². The molecule has 7 heteroatoms. The second-order valence-corrected chi connectivity index (χ2v) is 6.40. The van der Waals surface area contributed by atoms with E-state index in [1.54, 1.807) is 0 Å². The third-order valence-electron chi connectivity index (χ3n) is 4.78. The maximum absolute atomic E-state index is 12.6. The molecule has 3 rings (SSSR count). The van der Waals surface area contributed by atoms with E-state index in [1.165, 1.54) is 0 Å². The third-order valence-corrected chi connectivity index (χ3v) is 4.78. The first kappa shape index (κ1) is 18.8. The minimum absolute atomic E-state index is 0.00177. The Labute approximate surface area is 155 Å². The molecule has 0 fully saturated rings. The van der Waals surface area contributed by atoms with E-state index in [-0.39, 0.29) is 12.5 Å². The smallest absolute Gasteiger partial charge is 0.410 e. The number of nitrogens with zero attached hydrogens (tertiary/aromatic N) is 1. The Balaban J connectivity index is 1.75. The van der Waals surface area contributed by atoms with Crippen molar-refractivity contribution in [3.8, 4) is 11.1 Å². The molecule has 0 unspecified atom stereocenters. The highest BCUT2D eigenvalue weighted by molar-refractivity contribution is 5.81. The summed E-state index contributed by atoms with van der Waals surface area (Å²) in [5, 5.41) is 9.10. The Bertz CT molecular complexity index is 810. The third kappa shape index (κ3) is 3.77. The molecule has 0 saturated heterocycles. The minimum Gasteiger partial charge on any atom is -0.480 e. The zero-order chi connectivity index (χ0) is 19.6. The number of likely N-dealkylation sites (N-methyl/N-ethyl adjacent to an activating group) is 1. The number of amides is 1. The van der Waals surface area contributed by atoms with Gasteiger partial charge in [0.05, 0.1) is 0 Å². The molecule has 0 bridgehead atoms. The molecule has 5 nitrogen and oxygen atoms in total.